The van der Waals surface area contributed by atoms with Crippen LogP contribution in [-0.4, -0.2) is 17.4 Å². The number of rotatable bonds is 6. The van der Waals surface area contributed by atoms with E-state index in [9.17, 15) is 18.0 Å². The molecule has 0 spiro atoms. The normalized spacial score (nSPS) is 12.0. The molecule has 180 valence electrons. The molecule has 0 fully saturated rings. The predicted octanol–water partition coefficient (Wildman–Crippen LogP) is 8.30. The first-order chi connectivity index (χ1) is 15.8. The summed E-state index contributed by atoms with van der Waals surface area (Å²) < 4.78 is 40.0. The van der Waals surface area contributed by atoms with Gasteiger partial charge in [-0.1, -0.05) is 90.8 Å². The molecule has 0 unspecified atom stereocenters. The zero-order valence-corrected chi connectivity index (χ0v) is 21.6. The summed E-state index contributed by atoms with van der Waals surface area (Å²) in [6.45, 7) is 6.97. The van der Waals surface area contributed by atoms with E-state index in [4.69, 9.17) is 11.6 Å². The smallest absolute Gasteiger partial charge is 0.334 e. The molecule has 0 aliphatic carbocycles. The molecule has 0 aliphatic rings. The largest absolute Gasteiger partial charge is 0.416 e. The Hall–Kier alpha value is -2.31. The third kappa shape index (κ3) is 7.09. The monoisotopic (exact) mass is 551 g/mol. The summed E-state index contributed by atoms with van der Waals surface area (Å²) in [5.74, 6) is -0.241. The van der Waals surface area contributed by atoms with Crippen LogP contribution in [0, 0.1) is 0 Å². The standard InChI is InChI=1S/C27H26BrClF3NO/c1-26(2,3)21-9-7-19(8-10-21)17-33(25(34)20-14-23(28)16-24(29)15-20)12-11-18-5-4-6-22(13-18)27(30,31)32/h4-10,13-16H,11-12,17H2,1-3H3. The fourth-order valence-electron chi connectivity index (χ4n) is 3.61. The number of alkyl halides is 3. The van der Waals surface area contributed by atoms with Gasteiger partial charge in [-0.15, -0.1) is 0 Å². The molecule has 2 nitrogen and oxygen atoms in total. The molecule has 1 amide bonds. The van der Waals surface area contributed by atoms with Crippen LogP contribution in [0.25, 0.3) is 0 Å². The highest BCUT2D eigenvalue weighted by atomic mass is 79.9. The van der Waals surface area contributed by atoms with E-state index in [1.807, 2.05) is 24.3 Å². The lowest BCUT2D eigenvalue weighted by Gasteiger charge is -2.24. The number of benzene rings is 3. The van der Waals surface area contributed by atoms with Crippen molar-refractivity contribution in [3.8, 4) is 0 Å². The molecule has 34 heavy (non-hydrogen) atoms. The van der Waals surface area contributed by atoms with Gasteiger partial charge in [-0.05, 0) is 52.8 Å². The van der Waals surface area contributed by atoms with Crippen LogP contribution >= 0.6 is 27.5 Å². The van der Waals surface area contributed by atoms with Crippen molar-refractivity contribution >= 4 is 33.4 Å². The minimum atomic E-state index is -4.41. The lowest BCUT2D eigenvalue weighted by molar-refractivity contribution is -0.137. The molecule has 7 heteroatoms. The van der Waals surface area contributed by atoms with Crippen molar-refractivity contribution in [1.82, 2.24) is 4.90 Å². The van der Waals surface area contributed by atoms with E-state index in [1.165, 1.54) is 11.6 Å². The summed E-state index contributed by atoms with van der Waals surface area (Å²) in [5.41, 5.74) is 2.35. The Kier molecular flexibility index (Phi) is 8.14. The van der Waals surface area contributed by atoms with Gasteiger partial charge in [-0.2, -0.15) is 13.2 Å². The van der Waals surface area contributed by atoms with Crippen molar-refractivity contribution in [2.45, 2.75) is 45.3 Å². The minimum Gasteiger partial charge on any atom is -0.334 e. The second-order valence-electron chi connectivity index (χ2n) is 9.28. The SMILES string of the molecule is CC(C)(C)c1ccc(CN(CCc2cccc(C(F)(F)F)c2)C(=O)c2cc(Cl)cc(Br)c2)cc1. The highest BCUT2D eigenvalue weighted by Crippen LogP contribution is 2.30. The summed E-state index contributed by atoms with van der Waals surface area (Å²) in [7, 11) is 0. The van der Waals surface area contributed by atoms with E-state index < -0.39 is 11.7 Å². The highest BCUT2D eigenvalue weighted by Gasteiger charge is 2.30. The zero-order chi connectivity index (χ0) is 25.1. The number of amides is 1. The molecule has 0 N–H and O–H groups in total. The van der Waals surface area contributed by atoms with Crippen LogP contribution in [0.2, 0.25) is 5.02 Å². The van der Waals surface area contributed by atoms with Crippen molar-refractivity contribution in [1.29, 1.82) is 0 Å². The van der Waals surface area contributed by atoms with E-state index in [1.54, 1.807) is 29.2 Å². The summed E-state index contributed by atoms with van der Waals surface area (Å²) in [4.78, 5) is 15.0. The van der Waals surface area contributed by atoms with E-state index in [-0.39, 0.29) is 24.3 Å². The van der Waals surface area contributed by atoms with Gasteiger partial charge in [-0.3, -0.25) is 4.79 Å². The van der Waals surface area contributed by atoms with E-state index in [0.29, 0.717) is 27.2 Å². The van der Waals surface area contributed by atoms with Crippen LogP contribution in [0.3, 0.4) is 0 Å². The maximum Gasteiger partial charge on any atom is 0.416 e. The number of hydrogen-bond donors (Lipinski definition) is 0. The third-order valence-corrected chi connectivity index (χ3v) is 6.19. The summed E-state index contributed by atoms with van der Waals surface area (Å²) in [6, 6.07) is 18.2. The molecule has 0 radical (unpaired) electrons. The minimum absolute atomic E-state index is 0.00456. The number of halogens is 5. The third-order valence-electron chi connectivity index (χ3n) is 5.51. The average molecular weight is 553 g/mol. The first kappa shape index (κ1) is 26.3. The number of carbonyl (C=O) groups is 1. The van der Waals surface area contributed by atoms with Crippen LogP contribution in [0.1, 0.15) is 53.4 Å². The lowest BCUT2D eigenvalue weighted by atomic mass is 9.87. The van der Waals surface area contributed by atoms with Gasteiger partial charge in [0.05, 0.1) is 5.56 Å². The molecular weight excluding hydrogens is 527 g/mol. The van der Waals surface area contributed by atoms with Gasteiger partial charge >= 0.3 is 6.18 Å². The van der Waals surface area contributed by atoms with Crippen LogP contribution in [-0.2, 0) is 24.6 Å². The van der Waals surface area contributed by atoms with Crippen LogP contribution in [0.15, 0.2) is 71.2 Å². The van der Waals surface area contributed by atoms with E-state index in [2.05, 4.69) is 36.7 Å². The fourth-order valence-corrected chi connectivity index (χ4v) is 4.47. The van der Waals surface area contributed by atoms with Crippen molar-refractivity contribution in [3.05, 3.63) is 104 Å². The quantitative estimate of drug-likeness (QED) is 0.301. The average Bonchev–Trinajstić information content (AvgIpc) is 2.75. The van der Waals surface area contributed by atoms with Gasteiger partial charge in [-0.25, -0.2) is 0 Å². The molecule has 0 atom stereocenters. The highest BCUT2D eigenvalue weighted by molar-refractivity contribution is 9.10. The van der Waals surface area contributed by atoms with Crippen molar-refractivity contribution in [3.63, 3.8) is 0 Å². The van der Waals surface area contributed by atoms with E-state index in [0.717, 1.165) is 17.7 Å². The molecule has 0 heterocycles. The summed E-state index contributed by atoms with van der Waals surface area (Å²) in [6.07, 6.45) is -4.12. The lowest BCUT2D eigenvalue weighted by Crippen LogP contribution is -2.32. The zero-order valence-electron chi connectivity index (χ0n) is 19.2. The Balaban J connectivity index is 1.86. The second kappa shape index (κ2) is 10.5. The van der Waals surface area contributed by atoms with E-state index >= 15 is 0 Å². The van der Waals surface area contributed by atoms with Crippen LogP contribution in [0.4, 0.5) is 13.2 Å². The molecule has 0 aromatic heterocycles. The Morgan fingerprint density at radius 2 is 1.59 bits per heavy atom. The topological polar surface area (TPSA) is 20.3 Å². The van der Waals surface area contributed by atoms with Crippen molar-refractivity contribution in [2.75, 3.05) is 6.54 Å². The van der Waals surface area contributed by atoms with Gasteiger partial charge in [0.25, 0.3) is 5.91 Å². The van der Waals surface area contributed by atoms with Gasteiger partial charge < -0.3 is 4.90 Å². The van der Waals surface area contributed by atoms with Gasteiger partial charge in [0.2, 0.25) is 0 Å². The number of hydrogen-bond acceptors (Lipinski definition) is 1. The predicted molar refractivity (Wildman–Crippen MR) is 134 cm³/mol. The molecular formula is C27H26BrClF3NO. The van der Waals surface area contributed by atoms with Crippen molar-refractivity contribution in [2.24, 2.45) is 0 Å². The number of nitrogens with zero attached hydrogens (tertiary/aromatic N) is 1. The second-order valence-corrected chi connectivity index (χ2v) is 10.6. The number of carbonyl (C=O) groups excluding carboxylic acids is 1. The molecule has 3 rings (SSSR count). The molecule has 3 aromatic carbocycles. The van der Waals surface area contributed by atoms with Gasteiger partial charge in [0, 0.05) is 28.1 Å². The van der Waals surface area contributed by atoms with Gasteiger partial charge in [0.1, 0.15) is 0 Å². The molecule has 0 bridgehead atoms. The first-order valence-electron chi connectivity index (χ1n) is 10.8. The Morgan fingerprint density at radius 1 is 0.912 bits per heavy atom. The van der Waals surface area contributed by atoms with Crippen LogP contribution < -0.4 is 0 Å². The Morgan fingerprint density at radius 3 is 2.18 bits per heavy atom. The summed E-state index contributed by atoms with van der Waals surface area (Å²) in [5, 5.41) is 0.421. The molecule has 3 aromatic rings. The fraction of sp³-hybridized carbons (Fsp3) is 0.296. The van der Waals surface area contributed by atoms with Crippen LogP contribution in [0.5, 0.6) is 0 Å². The molecule has 0 aliphatic heterocycles. The van der Waals surface area contributed by atoms with Gasteiger partial charge in [0.15, 0.2) is 0 Å². The Bertz CT molecular complexity index is 1130. The molecule has 0 saturated heterocycles. The molecule has 0 saturated carbocycles. The first-order valence-corrected chi connectivity index (χ1v) is 12.0. The summed E-state index contributed by atoms with van der Waals surface area (Å²) >= 11 is 9.51. The van der Waals surface area contributed by atoms with Crippen molar-refractivity contribution < 1.29 is 18.0 Å². The maximum atomic E-state index is 13.4. The maximum absolute atomic E-state index is 13.4. The Labute approximate surface area is 211 Å².